The molecule has 150 valence electrons. The molecule has 0 saturated carbocycles. The van der Waals surface area contributed by atoms with Crippen molar-refractivity contribution in [3.05, 3.63) is 88.6 Å². The highest BCUT2D eigenvalue weighted by molar-refractivity contribution is 6.04. The van der Waals surface area contributed by atoms with E-state index in [2.05, 4.69) is 15.3 Å². The van der Waals surface area contributed by atoms with Gasteiger partial charge in [-0.1, -0.05) is 24.3 Å². The Labute approximate surface area is 172 Å². The van der Waals surface area contributed by atoms with Crippen LogP contribution in [0.25, 0.3) is 22.4 Å². The summed E-state index contributed by atoms with van der Waals surface area (Å²) in [4.78, 5) is 34.3. The summed E-state index contributed by atoms with van der Waals surface area (Å²) in [5, 5.41) is 2.54. The van der Waals surface area contributed by atoms with E-state index in [4.69, 9.17) is 0 Å². The van der Waals surface area contributed by atoms with Crippen molar-refractivity contribution in [2.24, 2.45) is 0 Å². The highest BCUT2D eigenvalue weighted by atomic mass is 19.1. The summed E-state index contributed by atoms with van der Waals surface area (Å²) in [5.74, 6) is -0.951. The highest BCUT2D eigenvalue weighted by Crippen LogP contribution is 2.20. The Hall–Kier alpha value is -3.87. The average molecular weight is 402 g/mol. The van der Waals surface area contributed by atoms with Crippen LogP contribution in [0.3, 0.4) is 0 Å². The van der Waals surface area contributed by atoms with Gasteiger partial charge >= 0.3 is 0 Å². The predicted octanol–water partition coefficient (Wildman–Crippen LogP) is 4.43. The van der Waals surface area contributed by atoms with E-state index in [0.29, 0.717) is 22.3 Å². The highest BCUT2D eigenvalue weighted by Gasteiger charge is 2.16. The van der Waals surface area contributed by atoms with Gasteiger partial charge in [-0.2, -0.15) is 0 Å². The standard InChI is InChI=1S/C23H19FN4O2/c1-14(2)28-21-19(8-5-13-25-21)26-20(23(28)30)15-9-11-16(12-10-15)22(29)27-18-7-4-3-6-17(18)24/h3-14H,1-2H3,(H,27,29). The first-order valence-electron chi connectivity index (χ1n) is 9.49. The monoisotopic (exact) mass is 402 g/mol. The average Bonchev–Trinajstić information content (AvgIpc) is 2.74. The van der Waals surface area contributed by atoms with E-state index in [1.54, 1.807) is 59.3 Å². The van der Waals surface area contributed by atoms with Crippen molar-refractivity contribution in [3.63, 3.8) is 0 Å². The number of rotatable bonds is 4. The Kier molecular flexibility index (Phi) is 5.10. The molecule has 2 heterocycles. The lowest BCUT2D eigenvalue weighted by molar-refractivity contribution is 0.102. The van der Waals surface area contributed by atoms with Gasteiger partial charge in [-0.05, 0) is 50.2 Å². The summed E-state index contributed by atoms with van der Waals surface area (Å²) in [6.45, 7) is 3.82. The van der Waals surface area contributed by atoms with Crippen LogP contribution in [-0.2, 0) is 0 Å². The number of hydrogen-bond donors (Lipinski definition) is 1. The summed E-state index contributed by atoms with van der Waals surface area (Å²) in [7, 11) is 0. The molecular formula is C23H19FN4O2. The number of anilines is 1. The number of benzene rings is 2. The van der Waals surface area contributed by atoms with Crippen LogP contribution in [-0.4, -0.2) is 20.4 Å². The summed E-state index contributed by atoms with van der Waals surface area (Å²) in [6, 6.07) is 15.9. The molecule has 1 amide bonds. The number of nitrogens with one attached hydrogen (secondary N) is 1. The Morgan fingerprint density at radius 3 is 2.47 bits per heavy atom. The van der Waals surface area contributed by atoms with Gasteiger partial charge in [-0.25, -0.2) is 14.4 Å². The number of hydrogen-bond acceptors (Lipinski definition) is 4. The van der Waals surface area contributed by atoms with Crippen LogP contribution in [0.2, 0.25) is 0 Å². The maximum absolute atomic E-state index is 13.8. The van der Waals surface area contributed by atoms with E-state index in [-0.39, 0.29) is 23.0 Å². The SMILES string of the molecule is CC(C)n1c(=O)c(-c2ccc(C(=O)Nc3ccccc3F)cc2)nc2cccnc21. The second-order valence-electron chi connectivity index (χ2n) is 7.09. The maximum Gasteiger partial charge on any atom is 0.278 e. The van der Waals surface area contributed by atoms with Crippen LogP contribution in [0, 0.1) is 5.82 Å². The van der Waals surface area contributed by atoms with Crippen molar-refractivity contribution in [2.75, 3.05) is 5.32 Å². The third-order valence-electron chi connectivity index (χ3n) is 4.71. The Morgan fingerprint density at radius 2 is 1.77 bits per heavy atom. The molecular weight excluding hydrogens is 383 g/mol. The zero-order valence-corrected chi connectivity index (χ0v) is 16.5. The van der Waals surface area contributed by atoms with Crippen molar-refractivity contribution < 1.29 is 9.18 Å². The number of pyridine rings is 1. The first kappa shape index (κ1) is 19.4. The van der Waals surface area contributed by atoms with Gasteiger partial charge in [-0.3, -0.25) is 14.2 Å². The van der Waals surface area contributed by atoms with Crippen LogP contribution < -0.4 is 10.9 Å². The van der Waals surface area contributed by atoms with Crippen molar-refractivity contribution in [2.45, 2.75) is 19.9 Å². The lowest BCUT2D eigenvalue weighted by Crippen LogP contribution is -2.25. The molecule has 0 spiro atoms. The molecule has 0 atom stereocenters. The molecule has 2 aromatic carbocycles. The summed E-state index contributed by atoms with van der Waals surface area (Å²) in [6.07, 6.45) is 1.63. The lowest BCUT2D eigenvalue weighted by Gasteiger charge is -2.14. The second-order valence-corrected chi connectivity index (χ2v) is 7.09. The minimum atomic E-state index is -0.509. The quantitative estimate of drug-likeness (QED) is 0.548. The van der Waals surface area contributed by atoms with Gasteiger partial charge in [0.2, 0.25) is 0 Å². The maximum atomic E-state index is 13.8. The first-order valence-corrected chi connectivity index (χ1v) is 9.49. The van der Waals surface area contributed by atoms with E-state index in [9.17, 15) is 14.0 Å². The molecule has 0 aliphatic carbocycles. The lowest BCUT2D eigenvalue weighted by atomic mass is 10.1. The molecule has 2 aromatic heterocycles. The molecule has 0 bridgehead atoms. The number of aromatic nitrogens is 3. The van der Waals surface area contributed by atoms with Crippen LogP contribution >= 0.6 is 0 Å². The van der Waals surface area contributed by atoms with Gasteiger partial charge < -0.3 is 5.32 Å². The van der Waals surface area contributed by atoms with Crippen molar-refractivity contribution in [3.8, 4) is 11.3 Å². The van der Waals surface area contributed by atoms with Crippen LogP contribution in [0.4, 0.5) is 10.1 Å². The number of nitrogens with zero attached hydrogens (tertiary/aromatic N) is 3. The van der Waals surface area contributed by atoms with Crippen LogP contribution in [0.1, 0.15) is 30.2 Å². The predicted molar refractivity (Wildman–Crippen MR) is 114 cm³/mol. The van der Waals surface area contributed by atoms with Gasteiger partial charge in [-0.15, -0.1) is 0 Å². The van der Waals surface area contributed by atoms with E-state index in [1.807, 2.05) is 13.8 Å². The number of para-hydroxylation sites is 1. The fourth-order valence-corrected chi connectivity index (χ4v) is 3.24. The second kappa shape index (κ2) is 7.87. The largest absolute Gasteiger partial charge is 0.319 e. The molecule has 0 fully saturated rings. The Balaban J connectivity index is 1.70. The molecule has 0 aliphatic rings. The fourth-order valence-electron chi connectivity index (χ4n) is 3.24. The minimum absolute atomic E-state index is 0.0949. The molecule has 6 nitrogen and oxygen atoms in total. The summed E-state index contributed by atoms with van der Waals surface area (Å²) < 4.78 is 15.4. The summed E-state index contributed by atoms with van der Waals surface area (Å²) in [5.41, 5.74) is 2.21. The van der Waals surface area contributed by atoms with Crippen LogP contribution in [0.5, 0.6) is 0 Å². The number of halogens is 1. The molecule has 1 N–H and O–H groups in total. The minimum Gasteiger partial charge on any atom is -0.319 e. The molecule has 4 aromatic rings. The van der Waals surface area contributed by atoms with Crippen molar-refractivity contribution >= 4 is 22.8 Å². The smallest absolute Gasteiger partial charge is 0.278 e. The first-order chi connectivity index (χ1) is 14.5. The summed E-state index contributed by atoms with van der Waals surface area (Å²) >= 11 is 0. The third kappa shape index (κ3) is 3.57. The topological polar surface area (TPSA) is 76.9 Å². The molecule has 0 saturated heterocycles. The van der Waals surface area contributed by atoms with Crippen molar-refractivity contribution in [1.29, 1.82) is 0 Å². The van der Waals surface area contributed by atoms with Gasteiger partial charge in [0.05, 0.1) is 5.69 Å². The molecule has 4 rings (SSSR count). The van der Waals surface area contributed by atoms with Crippen LogP contribution in [0.15, 0.2) is 71.7 Å². The number of carbonyl (C=O) groups excluding carboxylic acids is 1. The molecule has 7 heteroatoms. The zero-order chi connectivity index (χ0) is 21.3. The Morgan fingerprint density at radius 1 is 1.03 bits per heavy atom. The number of carbonyl (C=O) groups is 1. The zero-order valence-electron chi connectivity index (χ0n) is 16.5. The molecule has 0 unspecified atom stereocenters. The van der Waals surface area contributed by atoms with Gasteiger partial charge in [0.25, 0.3) is 11.5 Å². The fraction of sp³-hybridized carbons (Fsp3) is 0.130. The van der Waals surface area contributed by atoms with E-state index in [0.717, 1.165) is 0 Å². The molecule has 0 radical (unpaired) electrons. The number of amides is 1. The normalized spacial score (nSPS) is 11.1. The third-order valence-corrected chi connectivity index (χ3v) is 4.71. The van der Waals surface area contributed by atoms with Gasteiger partial charge in [0, 0.05) is 23.4 Å². The molecule has 30 heavy (non-hydrogen) atoms. The number of fused-ring (bicyclic) bond motifs is 1. The van der Waals surface area contributed by atoms with Gasteiger partial charge in [0.1, 0.15) is 17.0 Å². The van der Waals surface area contributed by atoms with E-state index >= 15 is 0 Å². The Bertz CT molecular complexity index is 1300. The van der Waals surface area contributed by atoms with E-state index in [1.165, 1.54) is 12.1 Å². The van der Waals surface area contributed by atoms with Gasteiger partial charge in [0.15, 0.2) is 5.65 Å². The van der Waals surface area contributed by atoms with E-state index < -0.39 is 11.7 Å². The molecule has 0 aliphatic heterocycles. The van der Waals surface area contributed by atoms with Crippen molar-refractivity contribution in [1.82, 2.24) is 14.5 Å².